The second-order valence-electron chi connectivity index (χ2n) is 8.34. The molecule has 1 amide bonds. The van der Waals surface area contributed by atoms with Crippen LogP contribution in [0.4, 0.5) is 0 Å². The summed E-state index contributed by atoms with van der Waals surface area (Å²) in [6.45, 7) is 2.45. The zero-order chi connectivity index (χ0) is 20.3. The molecule has 1 fully saturated rings. The Hall–Kier alpha value is -2.92. The molecule has 0 atom stereocenters. The van der Waals surface area contributed by atoms with Crippen LogP contribution in [-0.2, 0) is 17.8 Å². The van der Waals surface area contributed by atoms with E-state index in [0.717, 1.165) is 50.4 Å². The van der Waals surface area contributed by atoms with Crippen LogP contribution in [0.2, 0.25) is 0 Å². The number of carbonyl (C=O) groups excluding carboxylic acids is 1. The minimum atomic E-state index is 0.0398. The quantitative estimate of drug-likeness (QED) is 0.653. The van der Waals surface area contributed by atoms with Gasteiger partial charge in [-0.05, 0) is 24.0 Å². The van der Waals surface area contributed by atoms with Gasteiger partial charge >= 0.3 is 0 Å². The molecule has 5 rings (SSSR count). The Bertz CT molecular complexity index is 956. The van der Waals surface area contributed by atoms with Crippen molar-refractivity contribution in [3.63, 3.8) is 0 Å². The van der Waals surface area contributed by atoms with E-state index in [4.69, 9.17) is 4.52 Å². The summed E-state index contributed by atoms with van der Waals surface area (Å²) < 4.78 is 5.79. The van der Waals surface area contributed by atoms with E-state index in [9.17, 15) is 4.79 Å². The summed E-state index contributed by atoms with van der Waals surface area (Å²) >= 11 is 0. The first kappa shape index (κ1) is 19.1. The zero-order valence-corrected chi connectivity index (χ0v) is 17.1. The van der Waals surface area contributed by atoms with Crippen LogP contribution >= 0.6 is 0 Å². The van der Waals surface area contributed by atoms with Gasteiger partial charge in [-0.1, -0.05) is 65.8 Å². The summed E-state index contributed by atoms with van der Waals surface area (Å²) in [7, 11) is 0. The first-order valence-corrected chi connectivity index (χ1v) is 10.9. The SMILES string of the molecule is O=C(CCN1CCc2onc(C(c3ccccc3)c3ccccc3)c2C1)NC1CC1. The zero-order valence-electron chi connectivity index (χ0n) is 17.1. The highest BCUT2D eigenvalue weighted by Gasteiger charge is 2.30. The van der Waals surface area contributed by atoms with Gasteiger partial charge in [-0.25, -0.2) is 0 Å². The molecule has 1 saturated carbocycles. The summed E-state index contributed by atoms with van der Waals surface area (Å²) in [6, 6.07) is 21.4. The highest BCUT2D eigenvalue weighted by Crippen LogP contribution is 2.36. The van der Waals surface area contributed by atoms with Gasteiger partial charge in [-0.3, -0.25) is 9.69 Å². The predicted molar refractivity (Wildman–Crippen MR) is 115 cm³/mol. The number of hydrogen-bond donors (Lipinski definition) is 1. The number of rotatable bonds is 7. The van der Waals surface area contributed by atoms with E-state index in [1.54, 1.807) is 0 Å². The molecule has 154 valence electrons. The van der Waals surface area contributed by atoms with Gasteiger partial charge in [-0.15, -0.1) is 0 Å². The Morgan fingerprint density at radius 1 is 1.07 bits per heavy atom. The molecular formula is C25H27N3O2. The minimum absolute atomic E-state index is 0.0398. The van der Waals surface area contributed by atoms with Crippen LogP contribution in [-0.4, -0.2) is 35.1 Å². The van der Waals surface area contributed by atoms with E-state index in [1.807, 2.05) is 12.1 Å². The van der Waals surface area contributed by atoms with Gasteiger partial charge in [0.2, 0.25) is 5.91 Å². The number of nitrogens with one attached hydrogen (secondary N) is 1. The molecule has 30 heavy (non-hydrogen) atoms. The monoisotopic (exact) mass is 401 g/mol. The first-order chi connectivity index (χ1) is 14.8. The van der Waals surface area contributed by atoms with Crippen molar-refractivity contribution in [2.24, 2.45) is 0 Å². The number of carbonyl (C=O) groups is 1. The maximum absolute atomic E-state index is 12.1. The highest BCUT2D eigenvalue weighted by molar-refractivity contribution is 5.76. The third-order valence-electron chi connectivity index (χ3n) is 6.07. The molecule has 1 N–H and O–H groups in total. The van der Waals surface area contributed by atoms with Crippen LogP contribution in [0.1, 0.15) is 53.3 Å². The molecular weight excluding hydrogens is 374 g/mol. The van der Waals surface area contributed by atoms with Crippen molar-refractivity contribution >= 4 is 5.91 Å². The van der Waals surface area contributed by atoms with Gasteiger partial charge in [0.15, 0.2) is 0 Å². The van der Waals surface area contributed by atoms with Crippen LogP contribution in [0.15, 0.2) is 65.2 Å². The fourth-order valence-corrected chi connectivity index (χ4v) is 4.29. The molecule has 0 unspecified atom stereocenters. The Morgan fingerprint density at radius 3 is 2.37 bits per heavy atom. The van der Waals surface area contributed by atoms with Crippen LogP contribution in [0.25, 0.3) is 0 Å². The number of nitrogens with zero attached hydrogens (tertiary/aromatic N) is 2. The van der Waals surface area contributed by atoms with Crippen LogP contribution in [0.5, 0.6) is 0 Å². The maximum Gasteiger partial charge on any atom is 0.221 e. The maximum atomic E-state index is 12.1. The van der Waals surface area contributed by atoms with E-state index >= 15 is 0 Å². The Kier molecular flexibility index (Phi) is 5.37. The van der Waals surface area contributed by atoms with Gasteiger partial charge in [0.1, 0.15) is 11.5 Å². The second-order valence-corrected chi connectivity index (χ2v) is 8.34. The molecule has 5 heteroatoms. The fourth-order valence-electron chi connectivity index (χ4n) is 4.29. The van der Waals surface area contributed by atoms with Gasteiger partial charge < -0.3 is 9.84 Å². The average molecular weight is 402 g/mol. The molecule has 0 radical (unpaired) electrons. The van der Waals surface area contributed by atoms with Crippen molar-refractivity contribution in [1.82, 2.24) is 15.4 Å². The molecule has 1 aliphatic carbocycles. The van der Waals surface area contributed by atoms with E-state index in [-0.39, 0.29) is 11.8 Å². The van der Waals surface area contributed by atoms with E-state index in [2.05, 4.69) is 63.9 Å². The lowest BCUT2D eigenvalue weighted by atomic mass is 9.85. The fraction of sp³-hybridized carbons (Fsp3) is 0.360. The van der Waals surface area contributed by atoms with Crippen LogP contribution < -0.4 is 5.32 Å². The van der Waals surface area contributed by atoms with Crippen molar-refractivity contribution in [1.29, 1.82) is 0 Å². The van der Waals surface area contributed by atoms with Gasteiger partial charge in [0, 0.05) is 44.1 Å². The molecule has 0 spiro atoms. The van der Waals surface area contributed by atoms with E-state index in [1.165, 1.54) is 16.7 Å². The van der Waals surface area contributed by atoms with Crippen molar-refractivity contribution in [2.75, 3.05) is 13.1 Å². The largest absolute Gasteiger partial charge is 0.361 e. The highest BCUT2D eigenvalue weighted by atomic mass is 16.5. The normalized spacial score (nSPS) is 16.4. The summed E-state index contributed by atoms with van der Waals surface area (Å²) in [6.07, 6.45) is 3.64. The number of aromatic nitrogens is 1. The summed E-state index contributed by atoms with van der Waals surface area (Å²) in [5.74, 6) is 1.19. The standard InChI is InChI=1S/C25H27N3O2/c29-23(26-20-11-12-20)14-16-28-15-13-22-21(17-28)25(27-30-22)24(18-7-3-1-4-8-18)19-9-5-2-6-10-19/h1-10,20,24H,11-17H2,(H,26,29). The molecule has 5 nitrogen and oxygen atoms in total. The third kappa shape index (κ3) is 4.17. The molecule has 1 aromatic heterocycles. The number of fused-ring (bicyclic) bond motifs is 1. The predicted octanol–water partition coefficient (Wildman–Crippen LogP) is 3.88. The number of amides is 1. The average Bonchev–Trinajstić information content (AvgIpc) is 3.51. The third-order valence-corrected chi connectivity index (χ3v) is 6.07. The van der Waals surface area contributed by atoms with Crippen molar-refractivity contribution in [3.05, 3.63) is 88.8 Å². The van der Waals surface area contributed by atoms with E-state index in [0.29, 0.717) is 12.5 Å². The summed E-state index contributed by atoms with van der Waals surface area (Å²) in [5.41, 5.74) is 4.59. The van der Waals surface area contributed by atoms with E-state index < -0.39 is 0 Å². The van der Waals surface area contributed by atoms with Crippen molar-refractivity contribution in [3.8, 4) is 0 Å². The molecule has 0 saturated heterocycles. The lowest BCUT2D eigenvalue weighted by molar-refractivity contribution is -0.121. The second kappa shape index (κ2) is 8.44. The molecule has 2 aliphatic rings. The van der Waals surface area contributed by atoms with Gasteiger partial charge in [-0.2, -0.15) is 0 Å². The lowest BCUT2D eigenvalue weighted by Crippen LogP contribution is -2.35. The van der Waals surface area contributed by atoms with Gasteiger partial charge in [0.25, 0.3) is 0 Å². The Morgan fingerprint density at radius 2 is 1.73 bits per heavy atom. The first-order valence-electron chi connectivity index (χ1n) is 10.9. The lowest BCUT2D eigenvalue weighted by Gasteiger charge is -2.27. The van der Waals surface area contributed by atoms with Crippen molar-refractivity contribution < 1.29 is 9.32 Å². The van der Waals surface area contributed by atoms with Crippen LogP contribution in [0.3, 0.4) is 0 Å². The topological polar surface area (TPSA) is 58.4 Å². The summed E-state index contributed by atoms with van der Waals surface area (Å²) in [5, 5.41) is 7.63. The van der Waals surface area contributed by atoms with Crippen LogP contribution in [0, 0.1) is 0 Å². The smallest absolute Gasteiger partial charge is 0.221 e. The number of hydrogen-bond acceptors (Lipinski definition) is 4. The Balaban J connectivity index is 1.38. The molecule has 3 aromatic rings. The van der Waals surface area contributed by atoms with Gasteiger partial charge in [0.05, 0.1) is 5.92 Å². The molecule has 2 heterocycles. The van der Waals surface area contributed by atoms with Crippen molar-refractivity contribution in [2.45, 2.75) is 44.2 Å². The number of benzene rings is 2. The summed E-state index contributed by atoms with van der Waals surface area (Å²) in [4.78, 5) is 14.5. The molecule has 2 aromatic carbocycles. The molecule has 0 bridgehead atoms. The Labute approximate surface area is 177 Å². The minimum Gasteiger partial charge on any atom is -0.361 e. The molecule has 1 aliphatic heterocycles.